The standard InChI is InChI=1S/C22H31ClN6O/c1-30-11-10-24-17-4-6-18(7-5-17)28-22-27-14-19(23)21(29-22)16-8-9-25-20(12-16)26-13-15-2-3-15/h8-9,12,14-15,17-18,24H,2-7,10-11,13H2,1H3,(H,25,26)(H,27,28,29). The zero-order valence-electron chi connectivity index (χ0n) is 17.5. The van der Waals surface area contributed by atoms with Gasteiger partial charge in [-0.1, -0.05) is 11.6 Å². The van der Waals surface area contributed by atoms with Gasteiger partial charge in [-0.25, -0.2) is 15.0 Å². The minimum Gasteiger partial charge on any atom is -0.383 e. The third-order valence-corrected chi connectivity index (χ3v) is 6.12. The summed E-state index contributed by atoms with van der Waals surface area (Å²) in [5.74, 6) is 2.29. The van der Waals surface area contributed by atoms with Crippen LogP contribution in [0.3, 0.4) is 0 Å². The molecule has 0 unspecified atom stereocenters. The Hall–Kier alpha value is -1.96. The van der Waals surface area contributed by atoms with Crippen LogP contribution >= 0.6 is 11.6 Å². The van der Waals surface area contributed by atoms with Crippen LogP contribution in [-0.2, 0) is 4.74 Å². The lowest BCUT2D eigenvalue weighted by atomic mass is 9.91. The lowest BCUT2D eigenvalue weighted by molar-refractivity contribution is 0.191. The van der Waals surface area contributed by atoms with E-state index >= 15 is 0 Å². The highest BCUT2D eigenvalue weighted by atomic mass is 35.5. The SMILES string of the molecule is COCCNC1CCC(Nc2ncc(Cl)c(-c3ccnc(NCC4CC4)c3)n2)CC1. The summed E-state index contributed by atoms with van der Waals surface area (Å²) >= 11 is 6.43. The van der Waals surface area contributed by atoms with Gasteiger partial charge < -0.3 is 20.7 Å². The minimum absolute atomic E-state index is 0.382. The van der Waals surface area contributed by atoms with Crippen molar-refractivity contribution in [1.29, 1.82) is 0 Å². The highest BCUT2D eigenvalue weighted by Gasteiger charge is 2.22. The Balaban J connectivity index is 1.36. The molecule has 2 fully saturated rings. The average molecular weight is 431 g/mol. The monoisotopic (exact) mass is 430 g/mol. The van der Waals surface area contributed by atoms with Crippen LogP contribution in [0.15, 0.2) is 24.5 Å². The van der Waals surface area contributed by atoms with Gasteiger partial charge >= 0.3 is 0 Å². The Labute approximate surface area is 183 Å². The van der Waals surface area contributed by atoms with Crippen molar-refractivity contribution in [2.75, 3.05) is 37.4 Å². The predicted molar refractivity (Wildman–Crippen MR) is 121 cm³/mol. The molecule has 0 atom stereocenters. The van der Waals surface area contributed by atoms with Crippen LogP contribution in [-0.4, -0.2) is 53.8 Å². The third-order valence-electron chi connectivity index (χ3n) is 5.85. The number of hydrogen-bond donors (Lipinski definition) is 3. The first kappa shape index (κ1) is 21.3. The van der Waals surface area contributed by atoms with E-state index in [4.69, 9.17) is 21.3 Å². The number of halogens is 1. The molecule has 2 saturated carbocycles. The van der Waals surface area contributed by atoms with Gasteiger partial charge in [-0.05, 0) is 56.6 Å². The summed E-state index contributed by atoms with van der Waals surface area (Å²) in [6.07, 6.45) is 10.6. The normalized spacial score (nSPS) is 21.4. The van der Waals surface area contributed by atoms with Gasteiger partial charge in [0.15, 0.2) is 0 Å². The Bertz CT molecular complexity index is 823. The number of anilines is 2. The molecule has 2 heterocycles. The van der Waals surface area contributed by atoms with E-state index in [1.54, 1.807) is 19.5 Å². The van der Waals surface area contributed by atoms with E-state index in [-0.39, 0.29) is 0 Å². The summed E-state index contributed by atoms with van der Waals surface area (Å²) in [6.45, 7) is 2.64. The second-order valence-electron chi connectivity index (χ2n) is 8.28. The van der Waals surface area contributed by atoms with E-state index in [9.17, 15) is 0 Å². The molecule has 0 radical (unpaired) electrons. The van der Waals surface area contributed by atoms with E-state index < -0.39 is 0 Å². The summed E-state index contributed by atoms with van der Waals surface area (Å²) < 4.78 is 5.11. The van der Waals surface area contributed by atoms with Crippen LogP contribution < -0.4 is 16.0 Å². The van der Waals surface area contributed by atoms with E-state index in [1.165, 1.54) is 12.8 Å². The molecule has 8 heteroatoms. The molecule has 2 aromatic rings. The van der Waals surface area contributed by atoms with Crippen molar-refractivity contribution < 1.29 is 4.74 Å². The molecule has 0 saturated heterocycles. The van der Waals surface area contributed by atoms with Crippen molar-refractivity contribution in [1.82, 2.24) is 20.3 Å². The molecular weight excluding hydrogens is 400 g/mol. The first-order chi connectivity index (χ1) is 14.7. The predicted octanol–water partition coefficient (Wildman–Crippen LogP) is 3.97. The van der Waals surface area contributed by atoms with Gasteiger partial charge in [0.1, 0.15) is 5.82 Å². The number of rotatable bonds is 10. The molecule has 2 aromatic heterocycles. The molecule has 7 nitrogen and oxygen atoms in total. The average Bonchev–Trinajstić information content (AvgIpc) is 3.60. The fourth-order valence-corrected chi connectivity index (χ4v) is 4.07. The Kier molecular flexibility index (Phi) is 7.36. The van der Waals surface area contributed by atoms with Crippen LogP contribution in [0.4, 0.5) is 11.8 Å². The summed E-state index contributed by atoms with van der Waals surface area (Å²) in [6, 6.07) is 4.90. The van der Waals surface area contributed by atoms with Crippen molar-refractivity contribution >= 4 is 23.4 Å². The Morgan fingerprint density at radius 2 is 1.90 bits per heavy atom. The van der Waals surface area contributed by atoms with Crippen molar-refractivity contribution in [3.8, 4) is 11.3 Å². The topological polar surface area (TPSA) is 84.0 Å². The van der Waals surface area contributed by atoms with Gasteiger partial charge in [0, 0.05) is 44.0 Å². The van der Waals surface area contributed by atoms with Gasteiger partial charge in [0.05, 0.1) is 23.5 Å². The molecule has 0 aromatic carbocycles. The summed E-state index contributed by atoms with van der Waals surface area (Å²) in [5, 5.41) is 11.0. The summed E-state index contributed by atoms with van der Waals surface area (Å²) in [4.78, 5) is 13.6. The van der Waals surface area contributed by atoms with Gasteiger partial charge in [0.25, 0.3) is 0 Å². The van der Waals surface area contributed by atoms with Crippen LogP contribution in [0.2, 0.25) is 5.02 Å². The van der Waals surface area contributed by atoms with E-state index in [1.807, 2.05) is 12.1 Å². The van der Waals surface area contributed by atoms with Gasteiger partial charge in [-0.3, -0.25) is 0 Å². The van der Waals surface area contributed by atoms with Crippen LogP contribution in [0.5, 0.6) is 0 Å². The first-order valence-electron chi connectivity index (χ1n) is 10.9. The van der Waals surface area contributed by atoms with Crippen LogP contribution in [0.1, 0.15) is 38.5 Å². The quantitative estimate of drug-likeness (QED) is 0.492. The Morgan fingerprint density at radius 1 is 1.10 bits per heavy atom. The number of ether oxygens (including phenoxy) is 1. The minimum atomic E-state index is 0.382. The Morgan fingerprint density at radius 3 is 2.67 bits per heavy atom. The van der Waals surface area contributed by atoms with Gasteiger partial charge in [0.2, 0.25) is 5.95 Å². The molecule has 0 spiro atoms. The van der Waals surface area contributed by atoms with Gasteiger partial charge in [-0.2, -0.15) is 0 Å². The highest BCUT2D eigenvalue weighted by Crippen LogP contribution is 2.31. The number of nitrogens with zero attached hydrogens (tertiary/aromatic N) is 3. The van der Waals surface area contributed by atoms with E-state index in [2.05, 4.69) is 25.9 Å². The number of pyridine rings is 1. The third kappa shape index (κ3) is 6.03. The van der Waals surface area contributed by atoms with Gasteiger partial charge in [-0.15, -0.1) is 0 Å². The molecule has 30 heavy (non-hydrogen) atoms. The van der Waals surface area contributed by atoms with Crippen molar-refractivity contribution in [2.45, 2.75) is 50.6 Å². The molecule has 162 valence electrons. The number of methoxy groups -OCH3 is 1. The molecule has 3 N–H and O–H groups in total. The molecule has 0 aliphatic heterocycles. The molecule has 2 aliphatic rings. The fraction of sp³-hybridized carbons (Fsp3) is 0.591. The smallest absolute Gasteiger partial charge is 0.223 e. The van der Waals surface area contributed by atoms with Crippen LogP contribution in [0.25, 0.3) is 11.3 Å². The maximum absolute atomic E-state index is 6.43. The number of aromatic nitrogens is 3. The summed E-state index contributed by atoms with van der Waals surface area (Å²) in [7, 11) is 1.74. The van der Waals surface area contributed by atoms with Crippen molar-refractivity contribution in [3.63, 3.8) is 0 Å². The zero-order valence-corrected chi connectivity index (χ0v) is 18.3. The lowest BCUT2D eigenvalue weighted by Gasteiger charge is -2.29. The maximum Gasteiger partial charge on any atom is 0.223 e. The highest BCUT2D eigenvalue weighted by molar-refractivity contribution is 6.32. The van der Waals surface area contributed by atoms with Crippen molar-refractivity contribution in [3.05, 3.63) is 29.5 Å². The molecule has 2 aliphatic carbocycles. The largest absolute Gasteiger partial charge is 0.383 e. The fourth-order valence-electron chi connectivity index (χ4n) is 3.87. The van der Waals surface area contributed by atoms with Crippen LogP contribution in [0, 0.1) is 5.92 Å². The van der Waals surface area contributed by atoms with E-state index in [0.29, 0.717) is 23.1 Å². The second-order valence-corrected chi connectivity index (χ2v) is 8.69. The lowest BCUT2D eigenvalue weighted by Crippen LogP contribution is -2.38. The molecular formula is C22H31ClN6O. The zero-order chi connectivity index (χ0) is 20.8. The molecule has 0 bridgehead atoms. The first-order valence-corrected chi connectivity index (χ1v) is 11.3. The van der Waals surface area contributed by atoms with E-state index in [0.717, 1.165) is 68.4 Å². The maximum atomic E-state index is 6.43. The summed E-state index contributed by atoms with van der Waals surface area (Å²) in [5.41, 5.74) is 1.69. The molecule has 4 rings (SSSR count). The second kappa shape index (κ2) is 10.4. The van der Waals surface area contributed by atoms with Crippen molar-refractivity contribution in [2.24, 2.45) is 5.92 Å². The molecule has 0 amide bonds. The number of nitrogens with one attached hydrogen (secondary N) is 3. The number of hydrogen-bond acceptors (Lipinski definition) is 7.